The lowest BCUT2D eigenvalue weighted by Crippen LogP contribution is -2.25. The van der Waals surface area contributed by atoms with E-state index in [0.717, 1.165) is 24.3 Å². The quantitative estimate of drug-likeness (QED) is 0.342. The van der Waals surface area contributed by atoms with Crippen LogP contribution in [0.1, 0.15) is 11.3 Å². The summed E-state index contributed by atoms with van der Waals surface area (Å²) < 4.78 is 78.3. The average Bonchev–Trinajstić information content (AvgIpc) is 2.81. The van der Waals surface area contributed by atoms with Gasteiger partial charge in [-0.15, -0.1) is 0 Å². The van der Waals surface area contributed by atoms with Crippen LogP contribution in [0.5, 0.6) is 0 Å². The highest BCUT2D eigenvalue weighted by atomic mass is 19.4. The summed E-state index contributed by atoms with van der Waals surface area (Å²) in [6.07, 6.45) is -10.5. The van der Waals surface area contributed by atoms with Gasteiger partial charge in [0.25, 0.3) is 0 Å². The van der Waals surface area contributed by atoms with Gasteiger partial charge >= 0.3 is 12.4 Å². The van der Waals surface area contributed by atoms with Crippen LogP contribution < -0.4 is 15.5 Å². The molecule has 0 saturated heterocycles. The first-order chi connectivity index (χ1) is 16.4. The van der Waals surface area contributed by atoms with Crippen molar-refractivity contribution in [2.45, 2.75) is 18.5 Å². The van der Waals surface area contributed by atoms with Gasteiger partial charge in [-0.1, -0.05) is 12.1 Å². The molecule has 4 N–H and O–H groups in total. The summed E-state index contributed by atoms with van der Waals surface area (Å²) in [7, 11) is 1.38. The van der Waals surface area contributed by atoms with Gasteiger partial charge in [-0.25, -0.2) is 4.98 Å². The number of benzene rings is 1. The lowest BCUT2D eigenvalue weighted by molar-refractivity contribution is -0.141. The SMILES string of the molecule is CN(c1cccc(C(F)(F)F)c1)c1nc(NCC(O)CO)nc(Nc2cccc(C(F)(F)F)n2)n1. The van der Waals surface area contributed by atoms with Gasteiger partial charge in [0.2, 0.25) is 17.8 Å². The molecule has 1 atom stereocenters. The average molecular weight is 503 g/mol. The molecule has 0 aliphatic carbocycles. The summed E-state index contributed by atoms with van der Waals surface area (Å²) in [5.74, 6) is -0.868. The van der Waals surface area contributed by atoms with Crippen LogP contribution in [-0.2, 0) is 12.4 Å². The molecule has 0 bridgehead atoms. The van der Waals surface area contributed by atoms with Gasteiger partial charge in [0.1, 0.15) is 11.5 Å². The van der Waals surface area contributed by atoms with E-state index < -0.39 is 36.3 Å². The van der Waals surface area contributed by atoms with Gasteiger partial charge in [0.05, 0.1) is 18.3 Å². The van der Waals surface area contributed by atoms with E-state index in [2.05, 4.69) is 30.6 Å². The summed E-state index contributed by atoms with van der Waals surface area (Å²) in [5.41, 5.74) is -2.01. The molecule has 0 amide bonds. The smallest absolute Gasteiger partial charge is 0.394 e. The number of nitrogens with one attached hydrogen (secondary N) is 2. The van der Waals surface area contributed by atoms with E-state index in [0.29, 0.717) is 0 Å². The van der Waals surface area contributed by atoms with E-state index in [-0.39, 0.29) is 35.9 Å². The number of aliphatic hydroxyl groups is 2. The third-order valence-electron chi connectivity index (χ3n) is 4.47. The van der Waals surface area contributed by atoms with Gasteiger partial charge in [-0.3, -0.25) is 0 Å². The van der Waals surface area contributed by atoms with Crippen molar-refractivity contribution in [2.75, 3.05) is 35.7 Å². The van der Waals surface area contributed by atoms with Crippen molar-refractivity contribution >= 4 is 29.4 Å². The molecule has 0 fully saturated rings. The Bertz CT molecular complexity index is 1160. The Morgan fingerprint density at radius 3 is 2.26 bits per heavy atom. The van der Waals surface area contributed by atoms with Crippen molar-refractivity contribution in [3.8, 4) is 0 Å². The molecule has 1 unspecified atom stereocenters. The molecule has 0 aliphatic rings. The normalized spacial score (nSPS) is 12.8. The highest BCUT2D eigenvalue weighted by Crippen LogP contribution is 2.33. The molecule has 0 radical (unpaired) electrons. The van der Waals surface area contributed by atoms with E-state index in [1.165, 1.54) is 30.1 Å². The second-order valence-corrected chi connectivity index (χ2v) is 7.14. The molecule has 3 rings (SSSR count). The molecule has 0 spiro atoms. The van der Waals surface area contributed by atoms with Crippen molar-refractivity contribution in [1.29, 1.82) is 0 Å². The lowest BCUT2D eigenvalue weighted by Gasteiger charge is -2.20. The van der Waals surface area contributed by atoms with E-state index >= 15 is 0 Å². The molecular weight excluding hydrogens is 484 g/mol. The van der Waals surface area contributed by atoms with E-state index in [1.54, 1.807) is 0 Å². The van der Waals surface area contributed by atoms with Crippen LogP contribution in [0, 0.1) is 0 Å². The zero-order valence-electron chi connectivity index (χ0n) is 17.9. The Morgan fingerprint density at radius 2 is 1.60 bits per heavy atom. The van der Waals surface area contributed by atoms with Gasteiger partial charge in [-0.2, -0.15) is 41.3 Å². The molecule has 0 aliphatic heterocycles. The van der Waals surface area contributed by atoms with Crippen molar-refractivity contribution < 1.29 is 36.6 Å². The molecule has 2 aromatic heterocycles. The number of nitrogens with zero attached hydrogens (tertiary/aromatic N) is 5. The first kappa shape index (κ1) is 25.9. The van der Waals surface area contributed by atoms with Crippen LogP contribution in [0.15, 0.2) is 42.5 Å². The topological polar surface area (TPSA) is 119 Å². The summed E-state index contributed by atoms with van der Waals surface area (Å²) in [6.45, 7) is -0.775. The van der Waals surface area contributed by atoms with E-state index in [4.69, 9.17) is 5.11 Å². The summed E-state index contributed by atoms with van der Waals surface area (Å²) in [5, 5.41) is 23.7. The number of alkyl halides is 6. The van der Waals surface area contributed by atoms with Crippen molar-refractivity contribution in [1.82, 2.24) is 19.9 Å². The zero-order valence-corrected chi connectivity index (χ0v) is 17.9. The van der Waals surface area contributed by atoms with E-state index in [9.17, 15) is 31.4 Å². The number of anilines is 5. The molecule has 1 aromatic carbocycles. The zero-order chi connectivity index (χ0) is 25.8. The van der Waals surface area contributed by atoms with Crippen molar-refractivity contribution in [2.24, 2.45) is 0 Å². The molecule has 0 saturated carbocycles. The van der Waals surface area contributed by atoms with Crippen LogP contribution in [0.4, 0.5) is 55.7 Å². The predicted octanol–water partition coefficient (Wildman–Crippen LogP) is 3.58. The van der Waals surface area contributed by atoms with Crippen molar-refractivity contribution in [3.05, 3.63) is 53.7 Å². The lowest BCUT2D eigenvalue weighted by atomic mass is 10.2. The highest BCUT2D eigenvalue weighted by Gasteiger charge is 2.33. The molecule has 35 heavy (non-hydrogen) atoms. The van der Waals surface area contributed by atoms with Crippen molar-refractivity contribution in [3.63, 3.8) is 0 Å². The molecule has 3 aromatic rings. The van der Waals surface area contributed by atoms with Gasteiger partial charge < -0.3 is 25.7 Å². The van der Waals surface area contributed by atoms with Gasteiger partial charge in [0.15, 0.2) is 0 Å². The molecule has 9 nitrogen and oxygen atoms in total. The maximum Gasteiger partial charge on any atom is 0.433 e. The predicted molar refractivity (Wildman–Crippen MR) is 113 cm³/mol. The Kier molecular flexibility index (Phi) is 7.60. The minimum atomic E-state index is -4.70. The first-order valence-electron chi connectivity index (χ1n) is 9.88. The Balaban J connectivity index is 1.98. The number of hydrogen-bond donors (Lipinski definition) is 4. The Labute approximate surface area is 194 Å². The van der Waals surface area contributed by atoms with E-state index in [1.807, 2.05) is 0 Å². The fourth-order valence-corrected chi connectivity index (χ4v) is 2.71. The van der Waals surface area contributed by atoms with Crippen LogP contribution in [-0.4, -0.2) is 56.5 Å². The number of rotatable bonds is 8. The number of hydrogen-bond acceptors (Lipinski definition) is 9. The maximum absolute atomic E-state index is 13.1. The van der Waals surface area contributed by atoms with Crippen LogP contribution in [0.25, 0.3) is 0 Å². The number of pyridine rings is 1. The summed E-state index contributed by atoms with van der Waals surface area (Å²) in [4.78, 5) is 16.8. The first-order valence-corrected chi connectivity index (χ1v) is 9.88. The second kappa shape index (κ2) is 10.3. The fraction of sp³-hybridized carbons (Fsp3) is 0.300. The highest BCUT2D eigenvalue weighted by molar-refractivity contribution is 5.61. The minimum absolute atomic E-state index is 0.0653. The third kappa shape index (κ3) is 6.89. The summed E-state index contributed by atoms with van der Waals surface area (Å²) in [6, 6.07) is 7.45. The summed E-state index contributed by atoms with van der Waals surface area (Å²) >= 11 is 0. The monoisotopic (exact) mass is 503 g/mol. The van der Waals surface area contributed by atoms with Crippen LogP contribution in [0.2, 0.25) is 0 Å². The van der Waals surface area contributed by atoms with Crippen LogP contribution in [0.3, 0.4) is 0 Å². The Morgan fingerprint density at radius 1 is 0.914 bits per heavy atom. The van der Waals surface area contributed by atoms with Crippen LogP contribution >= 0.6 is 0 Å². The van der Waals surface area contributed by atoms with Gasteiger partial charge in [-0.05, 0) is 30.3 Å². The number of aromatic nitrogens is 4. The number of aliphatic hydroxyl groups excluding tert-OH is 2. The van der Waals surface area contributed by atoms with Gasteiger partial charge in [0, 0.05) is 19.3 Å². The standard InChI is InChI=1S/C20H19F6N7O2/c1-33(12-5-2-4-11(8-12)19(21,22)23)18-31-16(27-9-13(35)10-34)30-17(32-18)29-15-7-3-6-14(28-15)20(24,25)26/h2-8,13,34-35H,9-10H2,1H3,(H2,27,28,29,30,31,32). The fourth-order valence-electron chi connectivity index (χ4n) is 2.71. The maximum atomic E-state index is 13.1. The molecule has 188 valence electrons. The second-order valence-electron chi connectivity index (χ2n) is 7.14. The largest absolute Gasteiger partial charge is 0.433 e. The Hall–Kier alpha value is -3.72. The molecular formula is C20H19F6N7O2. The molecule has 15 heteroatoms. The third-order valence-corrected chi connectivity index (χ3v) is 4.47. The number of halogens is 6. The molecule has 2 heterocycles. The minimum Gasteiger partial charge on any atom is -0.394 e.